The summed E-state index contributed by atoms with van der Waals surface area (Å²) in [7, 11) is 1.02. The maximum absolute atomic E-state index is 14.3. The third-order valence-corrected chi connectivity index (χ3v) is 9.88. The predicted molar refractivity (Wildman–Crippen MR) is 209 cm³/mol. The number of esters is 4. The van der Waals surface area contributed by atoms with Gasteiger partial charge in [-0.1, -0.05) is 78.9 Å². The van der Waals surface area contributed by atoms with Gasteiger partial charge < -0.3 is 47.7 Å². The second-order valence-electron chi connectivity index (χ2n) is 14.1. The van der Waals surface area contributed by atoms with Crippen molar-refractivity contribution in [1.82, 2.24) is 4.90 Å². The quantitative estimate of drug-likeness (QED) is 0.101. The highest BCUT2D eigenvalue weighted by atomic mass is 16.7. The van der Waals surface area contributed by atoms with Crippen LogP contribution >= 0.6 is 0 Å². The van der Waals surface area contributed by atoms with Crippen LogP contribution in [0, 0.1) is 0 Å². The van der Waals surface area contributed by atoms with E-state index in [0.29, 0.717) is 16.0 Å². The first-order valence-corrected chi connectivity index (χ1v) is 19.2. The lowest BCUT2D eigenvalue weighted by atomic mass is 9.90. The number of carbonyl (C=O) groups excluding carboxylic acids is 6. The number of fused-ring (bicyclic) bond motifs is 1. The van der Waals surface area contributed by atoms with Crippen molar-refractivity contribution in [3.63, 3.8) is 0 Å². The zero-order chi connectivity index (χ0) is 45.6. The van der Waals surface area contributed by atoms with Crippen LogP contribution in [0.4, 0.5) is 0 Å². The van der Waals surface area contributed by atoms with E-state index in [4.69, 9.17) is 45.4 Å². The summed E-state index contributed by atoms with van der Waals surface area (Å²) < 4.78 is 71.8. The molecular weight excluding hydrogens is 798 g/mol. The molecular formula is C44H47NO16. The van der Waals surface area contributed by atoms with E-state index >= 15 is 0 Å². The lowest BCUT2D eigenvalue weighted by Crippen LogP contribution is -2.71. The number of aliphatic hydroxyl groups is 1. The zero-order valence-electron chi connectivity index (χ0n) is 35.8. The van der Waals surface area contributed by atoms with Crippen molar-refractivity contribution < 1.29 is 79.2 Å². The number of nitrogens with zero attached hydrogens (tertiary/aromatic N) is 1. The minimum Gasteiger partial charge on any atom is -0.467 e. The van der Waals surface area contributed by atoms with Crippen LogP contribution < -0.4 is 0 Å². The monoisotopic (exact) mass is 847 g/mol. The van der Waals surface area contributed by atoms with E-state index in [1.54, 1.807) is 60.7 Å². The average Bonchev–Trinajstić information content (AvgIpc) is 3.51. The average molecular weight is 848 g/mol. The number of hydrogen-bond donors (Lipinski definition) is 1. The van der Waals surface area contributed by atoms with Crippen LogP contribution in [0.1, 0.15) is 62.3 Å². The highest BCUT2D eigenvalue weighted by Gasteiger charge is 2.62. The molecule has 17 nitrogen and oxygen atoms in total. The smallest absolute Gasteiger partial charge is 0.337 e. The fraction of sp³-hybridized carbons (Fsp3) is 0.409. The molecule has 0 aromatic heterocycles. The van der Waals surface area contributed by atoms with E-state index in [2.05, 4.69) is 0 Å². The van der Waals surface area contributed by atoms with Gasteiger partial charge in [0.2, 0.25) is 5.79 Å². The summed E-state index contributed by atoms with van der Waals surface area (Å²) in [6, 6.07) is 20.3. The van der Waals surface area contributed by atoms with E-state index < -0.39 is 116 Å². The van der Waals surface area contributed by atoms with Crippen molar-refractivity contribution in [2.45, 2.75) is 102 Å². The molecule has 61 heavy (non-hydrogen) atoms. The Hall–Kier alpha value is -5.82. The van der Waals surface area contributed by atoms with Gasteiger partial charge in [0.05, 0.1) is 34.1 Å². The number of imide groups is 1. The molecule has 3 aromatic rings. The molecule has 6 rings (SSSR count). The van der Waals surface area contributed by atoms with Crippen LogP contribution in [0.5, 0.6) is 0 Å². The van der Waals surface area contributed by atoms with E-state index in [-0.39, 0.29) is 11.1 Å². The molecule has 3 aliphatic rings. The van der Waals surface area contributed by atoms with Crippen molar-refractivity contribution >= 4 is 35.7 Å². The Bertz CT molecular complexity index is 2140. The number of carbonyl (C=O) groups is 6. The number of benzene rings is 3. The first-order valence-electron chi connectivity index (χ1n) is 20.4. The number of allylic oxidation sites excluding steroid dienone is 1. The molecule has 3 unspecified atom stereocenters. The molecule has 0 radical (unpaired) electrons. The Morgan fingerprint density at radius 3 is 1.84 bits per heavy atom. The van der Waals surface area contributed by atoms with Crippen molar-refractivity contribution in [2.75, 3.05) is 13.7 Å². The molecule has 3 aliphatic heterocycles. The topological polar surface area (TPSA) is 209 Å². The highest BCUT2D eigenvalue weighted by Crippen LogP contribution is 2.41. The van der Waals surface area contributed by atoms with E-state index in [9.17, 15) is 33.9 Å². The minimum absolute atomic E-state index is 0.0456. The minimum atomic E-state index is -2.60. The fourth-order valence-corrected chi connectivity index (χ4v) is 7.34. The van der Waals surface area contributed by atoms with Crippen LogP contribution in [0.25, 0.3) is 0 Å². The maximum atomic E-state index is 14.3. The van der Waals surface area contributed by atoms with Gasteiger partial charge in [0.25, 0.3) is 11.8 Å². The van der Waals surface area contributed by atoms with Gasteiger partial charge in [0.15, 0.2) is 24.6 Å². The van der Waals surface area contributed by atoms with Crippen LogP contribution in [-0.2, 0) is 75.0 Å². The lowest BCUT2D eigenvalue weighted by molar-refractivity contribution is -0.369. The number of hydrogen-bond acceptors (Lipinski definition) is 16. The van der Waals surface area contributed by atoms with E-state index in [1.165, 1.54) is 37.3 Å². The molecule has 324 valence electrons. The number of amides is 2. The fourth-order valence-electron chi connectivity index (χ4n) is 7.34. The Balaban J connectivity index is 1.55. The second-order valence-corrected chi connectivity index (χ2v) is 14.1. The predicted octanol–water partition coefficient (Wildman–Crippen LogP) is 3.20. The SMILES string of the molecule is [2H]C(O[C@H]1[C@H](O[C@@H]2O[C@H](COC(C)=O)[C@H](OC(C)=O)[C@H](OC(C)=O)[C@H]2N2C(=O)c3ccccc3C2=O)[C@@H](C(=O)OC)OC(O)(C=CC)[C@@H]1OC([2H])c1ccccc1)c1ccccc1. The molecule has 2 fully saturated rings. The normalized spacial score (nSPS) is 30.1. The summed E-state index contributed by atoms with van der Waals surface area (Å²) in [5.74, 6) is -8.22. The van der Waals surface area contributed by atoms with Crippen molar-refractivity contribution in [3.8, 4) is 0 Å². The van der Waals surface area contributed by atoms with E-state index in [0.717, 1.165) is 34.0 Å². The zero-order valence-corrected chi connectivity index (χ0v) is 33.8. The molecule has 0 saturated carbocycles. The Labute approximate surface area is 354 Å². The van der Waals surface area contributed by atoms with Gasteiger partial charge in [-0.15, -0.1) is 0 Å². The van der Waals surface area contributed by atoms with Gasteiger partial charge >= 0.3 is 23.9 Å². The van der Waals surface area contributed by atoms with Gasteiger partial charge in [0, 0.05) is 20.8 Å². The van der Waals surface area contributed by atoms with Crippen molar-refractivity contribution in [3.05, 3.63) is 119 Å². The summed E-state index contributed by atoms with van der Waals surface area (Å²) in [6.45, 7) is 0.887. The molecule has 0 aliphatic carbocycles. The molecule has 1 N–H and O–H groups in total. The van der Waals surface area contributed by atoms with Gasteiger partial charge in [-0.3, -0.25) is 28.9 Å². The second kappa shape index (κ2) is 19.7. The first-order chi connectivity index (χ1) is 30.1. The van der Waals surface area contributed by atoms with Crippen molar-refractivity contribution in [1.29, 1.82) is 0 Å². The van der Waals surface area contributed by atoms with Crippen LogP contribution in [0.2, 0.25) is 0 Å². The third kappa shape index (κ3) is 10.0. The molecule has 0 bridgehead atoms. The van der Waals surface area contributed by atoms with Crippen LogP contribution in [0.15, 0.2) is 97.1 Å². The standard InChI is InChI=1S/C44H47NO16/c1-6-21-44(52)39(56-23-29-17-11-8-12-18-29)37(55-22-28-15-9-7-10-16-28)36(38(61-44)42(51)53-5)60-43-33(45-40(49)30-19-13-14-20-31(30)41(45)50)35(58-27(4)48)34(57-26(3)47)32(59-43)24-54-25(2)46/h6-21,32-39,43,52H,22-24H2,1-5H3/t32-,33-,34+,35-,36+,37+,38+,39-,43+,44?/m1/s1/i22D,23D/t22?,23?,32-,33-,34+,35-,36+,37+,38+,39-,43+,44?. The Morgan fingerprint density at radius 2 is 1.31 bits per heavy atom. The Morgan fingerprint density at radius 1 is 0.770 bits per heavy atom. The largest absolute Gasteiger partial charge is 0.467 e. The van der Waals surface area contributed by atoms with Crippen molar-refractivity contribution in [2.24, 2.45) is 0 Å². The number of rotatable bonds is 15. The summed E-state index contributed by atoms with van der Waals surface area (Å²) in [5.41, 5.74) is 0.536. The maximum Gasteiger partial charge on any atom is 0.337 e. The number of methoxy groups -OCH3 is 1. The summed E-state index contributed by atoms with van der Waals surface area (Å²) in [4.78, 5) is 80.9. The van der Waals surface area contributed by atoms with Gasteiger partial charge in [-0.05, 0) is 36.3 Å². The molecule has 0 spiro atoms. The Kier molecular flexibility index (Phi) is 13.5. The van der Waals surface area contributed by atoms with Gasteiger partial charge in [-0.2, -0.15) is 0 Å². The van der Waals surface area contributed by atoms with Gasteiger partial charge in [0.1, 0.15) is 37.1 Å². The lowest BCUT2D eigenvalue weighted by Gasteiger charge is -2.51. The van der Waals surface area contributed by atoms with Crippen LogP contribution in [-0.4, -0.2) is 120 Å². The molecule has 17 heteroatoms. The molecule has 2 amide bonds. The number of ether oxygens (including phenoxy) is 9. The molecule has 3 heterocycles. The van der Waals surface area contributed by atoms with Gasteiger partial charge in [-0.25, -0.2) is 4.79 Å². The summed E-state index contributed by atoms with van der Waals surface area (Å²) in [6.07, 6.45) is -12.0. The van der Waals surface area contributed by atoms with E-state index in [1.807, 2.05) is 0 Å². The molecule has 2 saturated heterocycles. The highest BCUT2D eigenvalue weighted by molar-refractivity contribution is 6.21. The molecule has 3 aromatic carbocycles. The molecule has 12 atom stereocenters. The van der Waals surface area contributed by atoms with Crippen LogP contribution in [0.3, 0.4) is 0 Å². The summed E-state index contributed by atoms with van der Waals surface area (Å²) >= 11 is 0. The summed E-state index contributed by atoms with van der Waals surface area (Å²) in [5, 5.41) is 12.3. The third-order valence-electron chi connectivity index (χ3n) is 9.88. The first kappa shape index (κ1) is 41.9.